The van der Waals surface area contributed by atoms with Crippen LogP contribution in [0, 0.1) is 5.92 Å². The molecular formula is C22H30N2O5. The summed E-state index contributed by atoms with van der Waals surface area (Å²) in [5, 5.41) is 5.41. The van der Waals surface area contributed by atoms with Gasteiger partial charge in [0.25, 0.3) is 0 Å². The van der Waals surface area contributed by atoms with Crippen molar-refractivity contribution >= 4 is 24.1 Å². The van der Waals surface area contributed by atoms with E-state index in [9.17, 15) is 19.2 Å². The van der Waals surface area contributed by atoms with Gasteiger partial charge in [0, 0.05) is 18.4 Å². The maximum Gasteiger partial charge on any atom is 0.328 e. The Morgan fingerprint density at radius 1 is 1.14 bits per heavy atom. The zero-order valence-corrected chi connectivity index (χ0v) is 17.4. The van der Waals surface area contributed by atoms with Crippen LogP contribution in [-0.4, -0.2) is 43.3 Å². The van der Waals surface area contributed by atoms with Gasteiger partial charge in [0.05, 0.1) is 7.11 Å². The second kappa shape index (κ2) is 12.5. The van der Waals surface area contributed by atoms with E-state index in [4.69, 9.17) is 4.74 Å². The first-order chi connectivity index (χ1) is 13.9. The summed E-state index contributed by atoms with van der Waals surface area (Å²) >= 11 is 0. The normalized spacial score (nSPS) is 14.3. The first-order valence-corrected chi connectivity index (χ1v) is 9.69. The molecule has 0 fully saturated rings. The number of ether oxygens (including phenoxy) is 1. The standard InChI is InChI=1S/C22H30N2O5/c1-5-15(3)19(24-20(26)17(6-2)12-13-25)21(27)23-18(22(28)29-4)14-16-10-8-7-9-11-16/h6-11,13,15,18-19H,5,12,14H2,1-4H3,(H,23,27)(H,24,26)/b17-6+. The molecule has 7 nitrogen and oxygen atoms in total. The Morgan fingerprint density at radius 2 is 1.79 bits per heavy atom. The minimum atomic E-state index is -0.880. The molecule has 158 valence electrons. The average Bonchev–Trinajstić information content (AvgIpc) is 2.74. The highest BCUT2D eigenvalue weighted by molar-refractivity contribution is 5.99. The minimum Gasteiger partial charge on any atom is -0.467 e. The SMILES string of the molecule is C/C=C(\CC=O)C(=O)NC(C(=O)NC(Cc1ccccc1)C(=O)OC)C(C)CC. The number of methoxy groups -OCH3 is 1. The number of aldehydes is 1. The Kier molecular flexibility index (Phi) is 10.4. The summed E-state index contributed by atoms with van der Waals surface area (Å²) in [5.41, 5.74) is 1.16. The van der Waals surface area contributed by atoms with Crippen LogP contribution in [0.4, 0.5) is 0 Å². The third-order valence-electron chi connectivity index (χ3n) is 4.81. The predicted molar refractivity (Wildman–Crippen MR) is 110 cm³/mol. The molecule has 3 atom stereocenters. The van der Waals surface area contributed by atoms with Gasteiger partial charge in [-0.15, -0.1) is 0 Å². The number of carbonyl (C=O) groups excluding carboxylic acids is 4. The van der Waals surface area contributed by atoms with Gasteiger partial charge in [-0.05, 0) is 18.4 Å². The number of amides is 2. The van der Waals surface area contributed by atoms with Crippen LogP contribution in [0.5, 0.6) is 0 Å². The fourth-order valence-corrected chi connectivity index (χ4v) is 2.81. The molecule has 0 saturated heterocycles. The summed E-state index contributed by atoms with van der Waals surface area (Å²) in [5.74, 6) is -1.69. The molecule has 0 aliphatic heterocycles. The summed E-state index contributed by atoms with van der Waals surface area (Å²) in [6, 6.07) is 7.54. The lowest BCUT2D eigenvalue weighted by molar-refractivity contribution is -0.145. The molecule has 2 amide bonds. The van der Waals surface area contributed by atoms with Crippen molar-refractivity contribution in [3.63, 3.8) is 0 Å². The number of carbonyl (C=O) groups is 4. The van der Waals surface area contributed by atoms with Crippen LogP contribution in [0.15, 0.2) is 42.0 Å². The number of rotatable bonds is 11. The molecule has 3 unspecified atom stereocenters. The predicted octanol–water partition coefficient (Wildman–Crippen LogP) is 1.95. The van der Waals surface area contributed by atoms with Crippen LogP contribution in [0.3, 0.4) is 0 Å². The number of hydrogen-bond acceptors (Lipinski definition) is 5. The highest BCUT2D eigenvalue weighted by Gasteiger charge is 2.30. The lowest BCUT2D eigenvalue weighted by Gasteiger charge is -2.26. The molecule has 0 spiro atoms. The van der Waals surface area contributed by atoms with Crippen LogP contribution in [0.25, 0.3) is 0 Å². The summed E-state index contributed by atoms with van der Waals surface area (Å²) in [6.07, 6.45) is 3.06. The van der Waals surface area contributed by atoms with E-state index < -0.39 is 29.9 Å². The smallest absolute Gasteiger partial charge is 0.328 e. The fourth-order valence-electron chi connectivity index (χ4n) is 2.81. The summed E-state index contributed by atoms with van der Waals surface area (Å²) in [6.45, 7) is 5.40. The molecule has 29 heavy (non-hydrogen) atoms. The Bertz CT molecular complexity index is 730. The van der Waals surface area contributed by atoms with Gasteiger partial charge >= 0.3 is 5.97 Å². The van der Waals surface area contributed by atoms with Crippen LogP contribution in [-0.2, 0) is 30.3 Å². The van der Waals surface area contributed by atoms with Gasteiger partial charge in [-0.2, -0.15) is 0 Å². The molecule has 0 aliphatic rings. The van der Waals surface area contributed by atoms with E-state index >= 15 is 0 Å². The van der Waals surface area contributed by atoms with Gasteiger partial charge in [0.1, 0.15) is 18.4 Å². The maximum absolute atomic E-state index is 12.9. The van der Waals surface area contributed by atoms with Crippen molar-refractivity contribution in [3.05, 3.63) is 47.5 Å². The third kappa shape index (κ3) is 7.52. The van der Waals surface area contributed by atoms with E-state index in [-0.39, 0.29) is 24.3 Å². The largest absolute Gasteiger partial charge is 0.467 e. The van der Waals surface area contributed by atoms with Crippen molar-refractivity contribution in [2.45, 2.75) is 52.1 Å². The highest BCUT2D eigenvalue weighted by atomic mass is 16.5. The molecule has 7 heteroatoms. The number of esters is 1. The van der Waals surface area contributed by atoms with Gasteiger partial charge in [0.15, 0.2) is 0 Å². The van der Waals surface area contributed by atoms with Crippen LogP contribution >= 0.6 is 0 Å². The molecule has 0 radical (unpaired) electrons. The number of allylic oxidation sites excluding steroid dienone is 1. The second-order valence-electron chi connectivity index (χ2n) is 6.80. The zero-order valence-electron chi connectivity index (χ0n) is 17.4. The number of hydrogen-bond donors (Lipinski definition) is 2. The molecule has 0 heterocycles. The Balaban J connectivity index is 2.99. The van der Waals surface area contributed by atoms with Gasteiger partial charge in [0.2, 0.25) is 11.8 Å². The van der Waals surface area contributed by atoms with E-state index in [1.54, 1.807) is 13.0 Å². The molecule has 0 aliphatic carbocycles. The monoisotopic (exact) mass is 402 g/mol. The zero-order chi connectivity index (χ0) is 21.8. The van der Waals surface area contributed by atoms with Crippen molar-refractivity contribution in [2.75, 3.05) is 7.11 Å². The molecule has 1 rings (SSSR count). The topological polar surface area (TPSA) is 102 Å². The fraction of sp³-hybridized carbons (Fsp3) is 0.455. The maximum atomic E-state index is 12.9. The molecule has 1 aromatic rings. The molecule has 1 aromatic carbocycles. The van der Waals surface area contributed by atoms with Gasteiger partial charge in [-0.25, -0.2) is 4.79 Å². The molecule has 2 N–H and O–H groups in total. The molecular weight excluding hydrogens is 372 g/mol. The Hall–Kier alpha value is -2.96. The molecule has 0 aromatic heterocycles. The van der Waals surface area contributed by atoms with Gasteiger partial charge in [-0.1, -0.05) is 56.7 Å². The first kappa shape index (κ1) is 24.1. The summed E-state index contributed by atoms with van der Waals surface area (Å²) < 4.78 is 4.83. The Labute approximate surface area is 171 Å². The quantitative estimate of drug-likeness (QED) is 0.335. The summed E-state index contributed by atoms with van der Waals surface area (Å²) in [4.78, 5) is 48.4. The average molecular weight is 402 g/mol. The van der Waals surface area contributed by atoms with Crippen LogP contribution in [0.1, 0.15) is 39.2 Å². The van der Waals surface area contributed by atoms with Crippen molar-refractivity contribution in [2.24, 2.45) is 5.92 Å². The molecule has 0 saturated carbocycles. The minimum absolute atomic E-state index is 0.0318. The van der Waals surface area contributed by atoms with Crippen LogP contribution in [0.2, 0.25) is 0 Å². The van der Waals surface area contributed by atoms with Crippen molar-refractivity contribution in [1.29, 1.82) is 0 Å². The summed E-state index contributed by atoms with van der Waals surface area (Å²) in [7, 11) is 1.26. The van der Waals surface area contributed by atoms with E-state index in [1.807, 2.05) is 44.2 Å². The number of benzene rings is 1. The Morgan fingerprint density at radius 3 is 2.31 bits per heavy atom. The lowest BCUT2D eigenvalue weighted by atomic mass is 9.96. The highest BCUT2D eigenvalue weighted by Crippen LogP contribution is 2.12. The van der Waals surface area contributed by atoms with E-state index in [0.717, 1.165) is 5.56 Å². The number of nitrogens with one attached hydrogen (secondary N) is 2. The van der Waals surface area contributed by atoms with E-state index in [1.165, 1.54) is 7.11 Å². The van der Waals surface area contributed by atoms with Gasteiger partial charge < -0.3 is 20.2 Å². The van der Waals surface area contributed by atoms with Crippen molar-refractivity contribution < 1.29 is 23.9 Å². The third-order valence-corrected chi connectivity index (χ3v) is 4.81. The van der Waals surface area contributed by atoms with E-state index in [2.05, 4.69) is 10.6 Å². The van der Waals surface area contributed by atoms with Crippen LogP contribution < -0.4 is 10.6 Å². The van der Waals surface area contributed by atoms with Crippen molar-refractivity contribution in [1.82, 2.24) is 10.6 Å². The van der Waals surface area contributed by atoms with Crippen molar-refractivity contribution in [3.8, 4) is 0 Å². The molecule has 0 bridgehead atoms. The first-order valence-electron chi connectivity index (χ1n) is 9.69. The van der Waals surface area contributed by atoms with E-state index in [0.29, 0.717) is 12.7 Å². The lowest BCUT2D eigenvalue weighted by Crippen LogP contribution is -2.55. The van der Waals surface area contributed by atoms with Gasteiger partial charge in [-0.3, -0.25) is 9.59 Å². The second-order valence-corrected chi connectivity index (χ2v) is 6.80.